The number of carbonyl (C=O) groups is 3. The van der Waals surface area contributed by atoms with Crippen molar-refractivity contribution in [3.8, 4) is 11.3 Å². The Kier molecular flexibility index (Phi) is 10.5. The van der Waals surface area contributed by atoms with E-state index < -0.39 is 22.9 Å². The zero-order valence-electron chi connectivity index (χ0n) is 25.9. The Hall–Kier alpha value is -5.29. The Labute approximate surface area is 295 Å². The lowest BCUT2D eigenvalue weighted by molar-refractivity contribution is -0.115. The first-order valence-corrected chi connectivity index (χ1v) is 17.2. The summed E-state index contributed by atoms with van der Waals surface area (Å²) < 4.78 is 14.6. The molecular weight excluding hydrogens is 679 g/mol. The fraction of sp³-hybridized carbons (Fsp3) is 0.0526. The van der Waals surface area contributed by atoms with Crippen LogP contribution in [0.25, 0.3) is 28.1 Å². The number of thiazole rings is 1. The zero-order valence-corrected chi connectivity index (χ0v) is 28.3. The van der Waals surface area contributed by atoms with Crippen LogP contribution in [0.15, 0.2) is 131 Å². The molecule has 1 heterocycles. The molecule has 6 rings (SSSR count). The molecule has 1 aromatic heterocycles. The molecular formula is C38H28ClFN4O3S2. The molecule has 1 unspecified atom stereocenters. The molecule has 0 aliphatic rings. The van der Waals surface area contributed by atoms with Gasteiger partial charge in [0.15, 0.2) is 5.13 Å². The Morgan fingerprint density at radius 3 is 2.35 bits per heavy atom. The van der Waals surface area contributed by atoms with Crippen LogP contribution in [0.5, 0.6) is 0 Å². The van der Waals surface area contributed by atoms with Crippen LogP contribution in [-0.4, -0.2) is 28.0 Å². The van der Waals surface area contributed by atoms with Gasteiger partial charge in [-0.3, -0.25) is 14.4 Å². The molecule has 3 N–H and O–H groups in total. The molecule has 0 radical (unpaired) electrons. The number of aromatic nitrogens is 1. The molecule has 5 aromatic carbocycles. The first-order chi connectivity index (χ1) is 23.7. The van der Waals surface area contributed by atoms with Gasteiger partial charge < -0.3 is 16.0 Å². The summed E-state index contributed by atoms with van der Waals surface area (Å²) in [5.74, 6) is -2.07. The smallest absolute Gasteiger partial charge is 0.272 e. The molecule has 0 fully saturated rings. The van der Waals surface area contributed by atoms with Crippen molar-refractivity contribution in [2.24, 2.45) is 0 Å². The van der Waals surface area contributed by atoms with E-state index in [2.05, 4.69) is 45.2 Å². The standard InChI is InChI=1S/C38H28ClFN4O3S2/c1-23(35(45)44-38-43-34(22-48-38)27-15-14-24-8-5-6-11-26(24)20-27)49-29-18-16-28(17-19-29)41-37(47)33(21-30-31(39)12-7-13-32(30)40)42-36(46)25-9-3-2-4-10-25/h2-23H,1H3,(H,41,47)(H,42,46)(H,43,44,45)/b33-21-. The summed E-state index contributed by atoms with van der Waals surface area (Å²) in [5, 5.41) is 12.6. The number of hydrogen-bond donors (Lipinski definition) is 3. The molecule has 1 atom stereocenters. The van der Waals surface area contributed by atoms with E-state index in [1.807, 2.05) is 23.6 Å². The van der Waals surface area contributed by atoms with E-state index in [9.17, 15) is 18.8 Å². The predicted octanol–water partition coefficient (Wildman–Crippen LogP) is 9.28. The van der Waals surface area contributed by atoms with Crippen LogP contribution in [0, 0.1) is 5.82 Å². The van der Waals surface area contributed by atoms with Gasteiger partial charge in [0.05, 0.1) is 16.0 Å². The normalized spacial score (nSPS) is 11.9. The average molecular weight is 707 g/mol. The van der Waals surface area contributed by atoms with Gasteiger partial charge in [-0.05, 0) is 78.4 Å². The molecule has 0 aliphatic carbocycles. The van der Waals surface area contributed by atoms with Crippen LogP contribution in [0.2, 0.25) is 5.02 Å². The number of carbonyl (C=O) groups excluding carboxylic acids is 3. The summed E-state index contributed by atoms with van der Waals surface area (Å²) in [5.41, 5.74) is 2.27. The second-order valence-electron chi connectivity index (χ2n) is 10.8. The SMILES string of the molecule is CC(Sc1ccc(NC(=O)/C(=C/c2c(F)cccc2Cl)NC(=O)c2ccccc2)cc1)C(=O)Nc1nc(-c2ccc3ccccc3c2)cs1. The Morgan fingerprint density at radius 1 is 0.857 bits per heavy atom. The number of halogens is 2. The van der Waals surface area contributed by atoms with E-state index in [4.69, 9.17) is 11.6 Å². The largest absolute Gasteiger partial charge is 0.321 e. The van der Waals surface area contributed by atoms with E-state index in [-0.39, 0.29) is 22.2 Å². The minimum Gasteiger partial charge on any atom is -0.321 e. The number of amides is 3. The lowest BCUT2D eigenvalue weighted by atomic mass is 10.1. The zero-order chi connectivity index (χ0) is 34.3. The van der Waals surface area contributed by atoms with Gasteiger partial charge in [-0.2, -0.15) is 0 Å². The highest BCUT2D eigenvalue weighted by Gasteiger charge is 2.19. The third-order valence-corrected chi connectivity index (χ3v) is 9.59. The minimum atomic E-state index is -0.678. The van der Waals surface area contributed by atoms with Crippen molar-refractivity contribution in [3.63, 3.8) is 0 Å². The van der Waals surface area contributed by atoms with Crippen molar-refractivity contribution in [2.75, 3.05) is 10.6 Å². The third-order valence-electron chi connectivity index (χ3n) is 7.39. The number of rotatable bonds is 10. The van der Waals surface area contributed by atoms with Gasteiger partial charge in [0.1, 0.15) is 11.5 Å². The van der Waals surface area contributed by atoms with Gasteiger partial charge in [-0.15, -0.1) is 23.1 Å². The van der Waals surface area contributed by atoms with E-state index in [1.54, 1.807) is 61.5 Å². The number of nitrogens with zero attached hydrogens (tertiary/aromatic N) is 1. The van der Waals surface area contributed by atoms with Gasteiger partial charge >= 0.3 is 0 Å². The highest BCUT2D eigenvalue weighted by molar-refractivity contribution is 8.00. The summed E-state index contributed by atoms with van der Waals surface area (Å²) in [6.45, 7) is 1.80. The molecule has 6 aromatic rings. The van der Waals surface area contributed by atoms with Crippen LogP contribution in [0.1, 0.15) is 22.8 Å². The van der Waals surface area contributed by atoms with E-state index in [0.29, 0.717) is 16.4 Å². The highest BCUT2D eigenvalue weighted by atomic mass is 35.5. The number of hydrogen-bond acceptors (Lipinski definition) is 6. The molecule has 0 spiro atoms. The van der Waals surface area contributed by atoms with E-state index in [0.717, 1.165) is 26.9 Å². The van der Waals surface area contributed by atoms with Crippen molar-refractivity contribution in [1.82, 2.24) is 10.3 Å². The lowest BCUT2D eigenvalue weighted by Gasteiger charge is -2.13. The minimum absolute atomic E-state index is 0.0376. The summed E-state index contributed by atoms with van der Waals surface area (Å²) >= 11 is 8.91. The molecule has 244 valence electrons. The Bertz CT molecular complexity index is 2170. The fourth-order valence-corrected chi connectivity index (χ4v) is 6.64. The number of thioether (sulfide) groups is 1. The molecule has 0 bridgehead atoms. The molecule has 49 heavy (non-hydrogen) atoms. The average Bonchev–Trinajstić information content (AvgIpc) is 3.58. The van der Waals surface area contributed by atoms with Crippen LogP contribution < -0.4 is 16.0 Å². The Balaban J connectivity index is 1.09. The number of benzene rings is 5. The highest BCUT2D eigenvalue weighted by Crippen LogP contribution is 2.30. The fourth-order valence-electron chi connectivity index (χ4n) is 4.83. The van der Waals surface area contributed by atoms with Crippen LogP contribution in [0.3, 0.4) is 0 Å². The van der Waals surface area contributed by atoms with Crippen molar-refractivity contribution < 1.29 is 18.8 Å². The van der Waals surface area contributed by atoms with Crippen LogP contribution in [-0.2, 0) is 9.59 Å². The molecule has 0 saturated carbocycles. The molecule has 0 aliphatic heterocycles. The van der Waals surface area contributed by atoms with Crippen molar-refractivity contribution in [2.45, 2.75) is 17.1 Å². The Morgan fingerprint density at radius 2 is 1.59 bits per heavy atom. The van der Waals surface area contributed by atoms with Crippen LogP contribution in [0.4, 0.5) is 15.2 Å². The first-order valence-electron chi connectivity index (χ1n) is 15.1. The van der Waals surface area contributed by atoms with Gasteiger partial charge in [0.25, 0.3) is 11.8 Å². The molecule has 3 amide bonds. The number of anilines is 2. The summed E-state index contributed by atoms with van der Waals surface area (Å²) in [4.78, 5) is 44.7. The quantitative estimate of drug-likeness (QED) is 0.0974. The maximum absolute atomic E-state index is 14.6. The van der Waals surface area contributed by atoms with Gasteiger partial charge in [-0.25, -0.2) is 9.37 Å². The number of fused-ring (bicyclic) bond motifs is 1. The van der Waals surface area contributed by atoms with Gasteiger partial charge in [-0.1, -0.05) is 72.3 Å². The van der Waals surface area contributed by atoms with E-state index in [1.165, 1.54) is 47.4 Å². The maximum Gasteiger partial charge on any atom is 0.272 e. The van der Waals surface area contributed by atoms with Gasteiger partial charge in [0.2, 0.25) is 5.91 Å². The summed E-state index contributed by atoms with van der Waals surface area (Å²) in [7, 11) is 0. The molecule has 7 nitrogen and oxygen atoms in total. The molecule has 11 heteroatoms. The summed E-state index contributed by atoms with van der Waals surface area (Å²) in [6, 6.07) is 33.6. The van der Waals surface area contributed by atoms with Crippen molar-refractivity contribution >= 4 is 80.1 Å². The molecule has 0 saturated heterocycles. The lowest BCUT2D eigenvalue weighted by Crippen LogP contribution is -2.30. The topological polar surface area (TPSA) is 100 Å². The predicted molar refractivity (Wildman–Crippen MR) is 197 cm³/mol. The monoisotopic (exact) mass is 706 g/mol. The van der Waals surface area contributed by atoms with Crippen molar-refractivity contribution in [3.05, 3.63) is 148 Å². The van der Waals surface area contributed by atoms with E-state index >= 15 is 0 Å². The second-order valence-corrected chi connectivity index (χ2v) is 13.5. The van der Waals surface area contributed by atoms with Gasteiger partial charge in [0, 0.05) is 32.7 Å². The summed E-state index contributed by atoms with van der Waals surface area (Å²) in [6.07, 6.45) is 1.20. The van der Waals surface area contributed by atoms with Crippen LogP contribution >= 0.6 is 34.7 Å². The third kappa shape index (κ3) is 8.42. The maximum atomic E-state index is 14.6. The second kappa shape index (κ2) is 15.3. The number of nitrogens with one attached hydrogen (secondary N) is 3. The first kappa shape index (κ1) is 33.6. The van der Waals surface area contributed by atoms with Crippen molar-refractivity contribution in [1.29, 1.82) is 0 Å².